The van der Waals surface area contributed by atoms with Gasteiger partial charge in [-0.2, -0.15) is 5.10 Å². The molecule has 0 spiro atoms. The molecule has 0 saturated carbocycles. The molecule has 2 aromatic rings. The quantitative estimate of drug-likeness (QED) is 0.619. The number of hydrogen-bond donors (Lipinski definition) is 2. The molecule has 1 atom stereocenters. The van der Waals surface area contributed by atoms with Crippen LogP contribution < -0.4 is 10.6 Å². The van der Waals surface area contributed by atoms with Crippen LogP contribution in [-0.2, 0) is 6.42 Å². The van der Waals surface area contributed by atoms with E-state index in [0.717, 1.165) is 37.1 Å². The molecule has 134 valence electrons. The molecule has 1 aromatic heterocycles. The van der Waals surface area contributed by atoms with Crippen LogP contribution in [-0.4, -0.2) is 60.9 Å². The van der Waals surface area contributed by atoms with Crippen molar-refractivity contribution in [3.8, 4) is 5.69 Å². The summed E-state index contributed by atoms with van der Waals surface area (Å²) in [5.41, 5.74) is 2.39. The molecule has 1 unspecified atom stereocenters. The standard InChI is InChI=1S/C19H28N6/c1-20-19(22-14-17-9-13-24(2)15-17)21-11-8-16-4-6-18(7-5-16)25-12-3-10-23-25/h3-7,10,12,17H,8-9,11,13-15H2,1-2H3,(H2,20,21,22). The van der Waals surface area contributed by atoms with Crippen LogP contribution in [0.3, 0.4) is 0 Å². The van der Waals surface area contributed by atoms with Gasteiger partial charge in [-0.15, -0.1) is 0 Å². The second kappa shape index (κ2) is 8.67. The van der Waals surface area contributed by atoms with Crippen LogP contribution >= 0.6 is 0 Å². The van der Waals surface area contributed by atoms with Crippen LogP contribution in [0.15, 0.2) is 47.7 Å². The monoisotopic (exact) mass is 340 g/mol. The molecule has 1 aromatic carbocycles. The highest BCUT2D eigenvalue weighted by atomic mass is 15.3. The van der Waals surface area contributed by atoms with Crippen molar-refractivity contribution >= 4 is 5.96 Å². The van der Waals surface area contributed by atoms with Gasteiger partial charge in [0, 0.05) is 39.1 Å². The fraction of sp³-hybridized carbons (Fsp3) is 0.474. The predicted octanol–water partition coefficient (Wildman–Crippen LogP) is 1.53. The van der Waals surface area contributed by atoms with Crippen molar-refractivity contribution in [2.75, 3.05) is 40.3 Å². The van der Waals surface area contributed by atoms with E-state index in [1.54, 1.807) is 6.20 Å². The molecule has 0 aliphatic carbocycles. The smallest absolute Gasteiger partial charge is 0.190 e. The van der Waals surface area contributed by atoms with Gasteiger partial charge in [0.2, 0.25) is 0 Å². The second-order valence-electron chi connectivity index (χ2n) is 6.66. The molecular weight excluding hydrogens is 312 g/mol. The van der Waals surface area contributed by atoms with Crippen molar-refractivity contribution in [2.45, 2.75) is 12.8 Å². The van der Waals surface area contributed by atoms with Gasteiger partial charge in [0.25, 0.3) is 0 Å². The highest BCUT2D eigenvalue weighted by Crippen LogP contribution is 2.12. The van der Waals surface area contributed by atoms with Crippen molar-refractivity contribution in [1.82, 2.24) is 25.3 Å². The van der Waals surface area contributed by atoms with Crippen molar-refractivity contribution in [3.05, 3.63) is 48.3 Å². The summed E-state index contributed by atoms with van der Waals surface area (Å²) < 4.78 is 1.87. The van der Waals surface area contributed by atoms with E-state index in [0.29, 0.717) is 0 Å². The Morgan fingerprint density at radius 2 is 2.12 bits per heavy atom. The molecule has 3 rings (SSSR count). The number of likely N-dealkylation sites (tertiary alicyclic amines) is 1. The van der Waals surface area contributed by atoms with Crippen molar-refractivity contribution in [3.63, 3.8) is 0 Å². The zero-order chi connectivity index (χ0) is 17.5. The van der Waals surface area contributed by atoms with Crippen LogP contribution in [0.2, 0.25) is 0 Å². The normalized spacial score (nSPS) is 18.5. The lowest BCUT2D eigenvalue weighted by Gasteiger charge is -2.15. The van der Waals surface area contributed by atoms with Gasteiger partial charge in [-0.3, -0.25) is 4.99 Å². The Morgan fingerprint density at radius 3 is 2.76 bits per heavy atom. The zero-order valence-electron chi connectivity index (χ0n) is 15.2. The molecule has 2 heterocycles. The molecular formula is C19H28N6. The lowest BCUT2D eigenvalue weighted by molar-refractivity contribution is 0.394. The van der Waals surface area contributed by atoms with Gasteiger partial charge >= 0.3 is 0 Å². The van der Waals surface area contributed by atoms with Gasteiger partial charge in [0.05, 0.1) is 5.69 Å². The Kier molecular flexibility index (Phi) is 6.06. The van der Waals surface area contributed by atoms with E-state index in [4.69, 9.17) is 0 Å². The predicted molar refractivity (Wildman–Crippen MR) is 102 cm³/mol. The first kappa shape index (κ1) is 17.5. The van der Waals surface area contributed by atoms with Gasteiger partial charge < -0.3 is 15.5 Å². The third kappa shape index (κ3) is 5.06. The van der Waals surface area contributed by atoms with Gasteiger partial charge in [-0.05, 0) is 56.1 Å². The zero-order valence-corrected chi connectivity index (χ0v) is 15.2. The SMILES string of the molecule is CN=C(NCCc1ccc(-n2cccn2)cc1)NCC1CCN(C)C1. The van der Waals surface area contributed by atoms with E-state index in [1.807, 2.05) is 24.0 Å². The first-order valence-corrected chi connectivity index (χ1v) is 8.96. The van der Waals surface area contributed by atoms with Crippen LogP contribution in [0.4, 0.5) is 0 Å². The van der Waals surface area contributed by atoms with Gasteiger partial charge in [-0.25, -0.2) is 4.68 Å². The maximum Gasteiger partial charge on any atom is 0.190 e. The molecule has 2 N–H and O–H groups in total. The minimum Gasteiger partial charge on any atom is -0.356 e. The lowest BCUT2D eigenvalue weighted by atomic mass is 10.1. The molecule has 0 bridgehead atoms. The summed E-state index contributed by atoms with van der Waals surface area (Å²) in [5, 5.41) is 11.1. The van der Waals surface area contributed by atoms with E-state index >= 15 is 0 Å². The molecule has 6 nitrogen and oxygen atoms in total. The van der Waals surface area contributed by atoms with Crippen LogP contribution in [0, 0.1) is 5.92 Å². The summed E-state index contributed by atoms with van der Waals surface area (Å²) in [5.74, 6) is 1.61. The topological polar surface area (TPSA) is 57.5 Å². The second-order valence-corrected chi connectivity index (χ2v) is 6.66. The lowest BCUT2D eigenvalue weighted by Crippen LogP contribution is -2.41. The van der Waals surface area contributed by atoms with Gasteiger partial charge in [0.1, 0.15) is 0 Å². The summed E-state index contributed by atoms with van der Waals surface area (Å²) in [4.78, 5) is 6.70. The van der Waals surface area contributed by atoms with Gasteiger partial charge in [0.15, 0.2) is 5.96 Å². The maximum absolute atomic E-state index is 4.32. The van der Waals surface area contributed by atoms with Crippen LogP contribution in [0.5, 0.6) is 0 Å². The number of benzene rings is 1. The highest BCUT2D eigenvalue weighted by molar-refractivity contribution is 5.79. The first-order chi connectivity index (χ1) is 12.2. The van der Waals surface area contributed by atoms with Gasteiger partial charge in [-0.1, -0.05) is 12.1 Å². The minimum absolute atomic E-state index is 0.721. The van der Waals surface area contributed by atoms with E-state index in [-0.39, 0.29) is 0 Å². The maximum atomic E-state index is 4.32. The van der Waals surface area contributed by atoms with E-state index in [9.17, 15) is 0 Å². The molecule has 1 fully saturated rings. The number of aromatic nitrogens is 2. The highest BCUT2D eigenvalue weighted by Gasteiger charge is 2.19. The molecule has 25 heavy (non-hydrogen) atoms. The Balaban J connectivity index is 1.40. The molecule has 1 saturated heterocycles. The number of hydrogen-bond acceptors (Lipinski definition) is 3. The number of rotatable bonds is 6. The molecule has 6 heteroatoms. The molecule has 1 aliphatic rings. The first-order valence-electron chi connectivity index (χ1n) is 8.96. The third-order valence-corrected chi connectivity index (χ3v) is 4.68. The fourth-order valence-electron chi connectivity index (χ4n) is 3.22. The Bertz CT molecular complexity index is 662. The fourth-order valence-corrected chi connectivity index (χ4v) is 3.22. The largest absolute Gasteiger partial charge is 0.356 e. The summed E-state index contributed by atoms with van der Waals surface area (Å²) in [6, 6.07) is 10.4. The number of nitrogens with zero attached hydrogens (tertiary/aromatic N) is 4. The molecule has 0 radical (unpaired) electrons. The summed E-state index contributed by atoms with van der Waals surface area (Å²) in [6.45, 7) is 4.23. The van der Waals surface area contributed by atoms with E-state index in [1.165, 1.54) is 25.1 Å². The molecule has 0 amide bonds. The number of guanidine groups is 1. The van der Waals surface area contributed by atoms with E-state index in [2.05, 4.69) is 56.9 Å². The Hall–Kier alpha value is -2.34. The molecule has 1 aliphatic heterocycles. The third-order valence-electron chi connectivity index (χ3n) is 4.68. The van der Waals surface area contributed by atoms with E-state index < -0.39 is 0 Å². The minimum atomic E-state index is 0.721. The number of aliphatic imine (C=N–C) groups is 1. The van der Waals surface area contributed by atoms with Crippen molar-refractivity contribution in [2.24, 2.45) is 10.9 Å². The average molecular weight is 340 g/mol. The van der Waals surface area contributed by atoms with Crippen molar-refractivity contribution < 1.29 is 0 Å². The summed E-state index contributed by atoms with van der Waals surface area (Å²) in [7, 11) is 4.01. The average Bonchev–Trinajstić information content (AvgIpc) is 3.30. The van der Waals surface area contributed by atoms with Crippen LogP contribution in [0.1, 0.15) is 12.0 Å². The van der Waals surface area contributed by atoms with Crippen LogP contribution in [0.25, 0.3) is 5.69 Å². The summed E-state index contributed by atoms with van der Waals surface area (Å²) >= 11 is 0. The number of nitrogens with one attached hydrogen (secondary N) is 2. The Labute approximate surface area is 149 Å². The summed E-state index contributed by atoms with van der Waals surface area (Å²) in [6.07, 6.45) is 5.98. The van der Waals surface area contributed by atoms with Crippen molar-refractivity contribution in [1.29, 1.82) is 0 Å². The Morgan fingerprint density at radius 1 is 1.28 bits per heavy atom.